The summed E-state index contributed by atoms with van der Waals surface area (Å²) in [6.45, 7) is 0. The van der Waals surface area contributed by atoms with Crippen LogP contribution >= 0.6 is 23.2 Å². The smallest absolute Gasteiger partial charge is 0.152 e. The number of benzene rings is 1. The molecule has 0 aliphatic heterocycles. The first-order chi connectivity index (χ1) is 7.58. The number of allylic oxidation sites excluding steroid dienone is 1. The van der Waals surface area contributed by atoms with Crippen LogP contribution in [0.25, 0.3) is 0 Å². The van der Waals surface area contributed by atoms with E-state index in [1.54, 1.807) is 12.1 Å². The summed E-state index contributed by atoms with van der Waals surface area (Å²) in [7, 11) is 0. The first-order valence-electron chi connectivity index (χ1n) is 4.03. The van der Waals surface area contributed by atoms with Gasteiger partial charge in [0, 0.05) is 11.9 Å². The Morgan fingerprint density at radius 2 is 1.75 bits per heavy atom. The molecule has 6 heteroatoms. The molecule has 0 aliphatic rings. The van der Waals surface area contributed by atoms with Gasteiger partial charge in [-0.15, -0.1) is 0 Å². The second-order valence-corrected chi connectivity index (χ2v) is 3.53. The van der Waals surface area contributed by atoms with Crippen molar-refractivity contribution in [1.29, 1.82) is 10.5 Å². The fraction of sp³-hybridized carbons (Fsp3) is 0. The van der Waals surface area contributed by atoms with Crippen LogP contribution in [0.2, 0.25) is 10.0 Å². The largest absolute Gasteiger partial charge is 0.505 e. The number of aromatic hydroxyl groups is 1. The molecule has 0 fully saturated rings. The minimum absolute atomic E-state index is 0.0823. The van der Waals surface area contributed by atoms with E-state index in [4.69, 9.17) is 33.7 Å². The molecule has 1 aromatic carbocycles. The second-order valence-electron chi connectivity index (χ2n) is 2.71. The van der Waals surface area contributed by atoms with Gasteiger partial charge in [0.15, 0.2) is 5.75 Å². The predicted octanol–water partition coefficient (Wildman–Crippen LogP) is 3.04. The third kappa shape index (κ3) is 2.80. The number of halogens is 2. The molecule has 1 aromatic rings. The summed E-state index contributed by atoms with van der Waals surface area (Å²) >= 11 is 11.4. The summed E-state index contributed by atoms with van der Waals surface area (Å²) < 4.78 is 0. The third-order valence-electron chi connectivity index (χ3n) is 1.64. The molecule has 0 bridgehead atoms. The van der Waals surface area contributed by atoms with E-state index in [0.29, 0.717) is 5.69 Å². The minimum atomic E-state index is -0.210. The SMILES string of the molecule is N#CC(C#N)=CNc1cc(Cl)c(O)c(Cl)c1. The molecule has 1 rings (SSSR count). The molecular formula is C10H5Cl2N3O. The number of anilines is 1. The Hall–Kier alpha value is -1.88. The topological polar surface area (TPSA) is 79.8 Å². The normalized spacial score (nSPS) is 8.75. The van der Waals surface area contributed by atoms with Crippen molar-refractivity contribution in [2.45, 2.75) is 0 Å². The number of hydrogen-bond donors (Lipinski definition) is 2. The van der Waals surface area contributed by atoms with Crippen molar-refractivity contribution in [3.05, 3.63) is 34.0 Å². The van der Waals surface area contributed by atoms with Gasteiger partial charge < -0.3 is 10.4 Å². The Labute approximate surface area is 102 Å². The van der Waals surface area contributed by atoms with Crippen LogP contribution in [0.4, 0.5) is 5.69 Å². The summed E-state index contributed by atoms with van der Waals surface area (Å²) in [5, 5.41) is 29.1. The highest BCUT2D eigenvalue weighted by molar-refractivity contribution is 6.37. The first kappa shape index (κ1) is 12.2. The van der Waals surface area contributed by atoms with Crippen molar-refractivity contribution in [3.63, 3.8) is 0 Å². The molecule has 80 valence electrons. The maximum Gasteiger partial charge on any atom is 0.152 e. The van der Waals surface area contributed by atoms with Crippen LogP contribution in [0, 0.1) is 22.7 Å². The summed E-state index contributed by atoms with van der Waals surface area (Å²) in [6, 6.07) is 6.21. The molecule has 4 nitrogen and oxygen atoms in total. The molecule has 0 radical (unpaired) electrons. The lowest BCUT2D eigenvalue weighted by atomic mass is 10.3. The van der Waals surface area contributed by atoms with Gasteiger partial charge in [-0.1, -0.05) is 23.2 Å². The minimum Gasteiger partial charge on any atom is -0.505 e. The molecule has 0 unspecified atom stereocenters. The van der Waals surface area contributed by atoms with Crippen molar-refractivity contribution >= 4 is 28.9 Å². The zero-order chi connectivity index (χ0) is 12.1. The average Bonchev–Trinajstić information content (AvgIpc) is 2.27. The standard InChI is InChI=1S/C10H5Cl2N3O/c11-8-1-7(2-9(12)10(8)16)15-5-6(3-13)4-14/h1-2,5,15-16H. The van der Waals surface area contributed by atoms with Crippen molar-refractivity contribution in [2.24, 2.45) is 0 Å². The number of phenolic OH excluding ortho intramolecular Hbond substituents is 1. The summed E-state index contributed by atoms with van der Waals surface area (Å²) in [5.74, 6) is -0.210. The zero-order valence-electron chi connectivity index (χ0n) is 7.83. The summed E-state index contributed by atoms with van der Waals surface area (Å²) in [5.41, 5.74) is 0.385. The molecule has 0 amide bonds. The van der Waals surface area contributed by atoms with Crippen LogP contribution in [-0.4, -0.2) is 5.11 Å². The van der Waals surface area contributed by atoms with Crippen LogP contribution in [0.3, 0.4) is 0 Å². The van der Waals surface area contributed by atoms with Gasteiger partial charge >= 0.3 is 0 Å². The highest BCUT2D eigenvalue weighted by Gasteiger charge is 2.05. The van der Waals surface area contributed by atoms with Crippen molar-refractivity contribution in [3.8, 4) is 17.9 Å². The van der Waals surface area contributed by atoms with Crippen LogP contribution in [0.5, 0.6) is 5.75 Å². The number of nitrogens with one attached hydrogen (secondary N) is 1. The van der Waals surface area contributed by atoms with E-state index in [0.717, 1.165) is 0 Å². The number of rotatable bonds is 2. The monoisotopic (exact) mass is 253 g/mol. The average molecular weight is 254 g/mol. The van der Waals surface area contributed by atoms with E-state index in [-0.39, 0.29) is 21.4 Å². The fourth-order valence-corrected chi connectivity index (χ4v) is 1.38. The molecule has 16 heavy (non-hydrogen) atoms. The highest BCUT2D eigenvalue weighted by atomic mass is 35.5. The molecule has 0 heterocycles. The maximum atomic E-state index is 9.29. The van der Waals surface area contributed by atoms with E-state index < -0.39 is 0 Å². The Kier molecular flexibility index (Phi) is 4.02. The summed E-state index contributed by atoms with van der Waals surface area (Å²) in [4.78, 5) is 0. The van der Waals surface area contributed by atoms with Gasteiger partial charge in [-0.25, -0.2) is 0 Å². The Morgan fingerprint density at radius 3 is 2.19 bits per heavy atom. The predicted molar refractivity (Wildman–Crippen MR) is 61.1 cm³/mol. The lowest BCUT2D eigenvalue weighted by Crippen LogP contribution is -1.90. The van der Waals surface area contributed by atoms with Gasteiger partial charge in [-0.3, -0.25) is 0 Å². The van der Waals surface area contributed by atoms with Crippen molar-refractivity contribution < 1.29 is 5.11 Å². The van der Waals surface area contributed by atoms with Crippen molar-refractivity contribution in [2.75, 3.05) is 5.32 Å². The number of nitriles is 2. The second kappa shape index (κ2) is 5.27. The molecule has 0 spiro atoms. The fourth-order valence-electron chi connectivity index (χ4n) is 0.894. The van der Waals surface area contributed by atoms with Crippen LogP contribution in [0.1, 0.15) is 0 Å². The van der Waals surface area contributed by atoms with E-state index in [2.05, 4.69) is 5.32 Å². The Bertz CT molecular complexity index is 487. The van der Waals surface area contributed by atoms with Gasteiger partial charge in [0.1, 0.15) is 17.7 Å². The van der Waals surface area contributed by atoms with Crippen LogP contribution in [-0.2, 0) is 0 Å². The van der Waals surface area contributed by atoms with Gasteiger partial charge in [0.2, 0.25) is 0 Å². The Balaban J connectivity index is 2.98. The molecule has 0 aliphatic carbocycles. The van der Waals surface area contributed by atoms with Crippen LogP contribution in [0.15, 0.2) is 23.9 Å². The van der Waals surface area contributed by atoms with Crippen LogP contribution < -0.4 is 5.32 Å². The lowest BCUT2D eigenvalue weighted by Gasteiger charge is -2.04. The molecule has 0 atom stereocenters. The van der Waals surface area contributed by atoms with E-state index in [1.807, 2.05) is 0 Å². The molecule has 0 saturated heterocycles. The third-order valence-corrected chi connectivity index (χ3v) is 2.22. The van der Waals surface area contributed by atoms with Gasteiger partial charge in [-0.2, -0.15) is 10.5 Å². The van der Waals surface area contributed by atoms with E-state index >= 15 is 0 Å². The molecule has 2 N–H and O–H groups in total. The lowest BCUT2D eigenvalue weighted by molar-refractivity contribution is 0.476. The number of phenols is 1. The quantitative estimate of drug-likeness (QED) is 0.627. The Morgan fingerprint density at radius 1 is 1.25 bits per heavy atom. The first-order valence-corrected chi connectivity index (χ1v) is 4.79. The van der Waals surface area contributed by atoms with E-state index in [1.165, 1.54) is 18.3 Å². The van der Waals surface area contributed by atoms with Gasteiger partial charge in [-0.05, 0) is 12.1 Å². The zero-order valence-corrected chi connectivity index (χ0v) is 9.34. The highest BCUT2D eigenvalue weighted by Crippen LogP contribution is 2.34. The van der Waals surface area contributed by atoms with E-state index in [9.17, 15) is 5.11 Å². The molecule has 0 saturated carbocycles. The number of hydrogen-bond acceptors (Lipinski definition) is 4. The van der Waals surface area contributed by atoms with Gasteiger partial charge in [0.05, 0.1) is 10.0 Å². The number of nitrogens with zero attached hydrogens (tertiary/aromatic N) is 2. The summed E-state index contributed by atoms with van der Waals surface area (Å²) in [6.07, 6.45) is 1.22. The van der Waals surface area contributed by atoms with Crippen molar-refractivity contribution in [1.82, 2.24) is 0 Å². The molecular weight excluding hydrogens is 249 g/mol. The molecule has 0 aromatic heterocycles. The maximum absolute atomic E-state index is 9.29. The van der Waals surface area contributed by atoms with Gasteiger partial charge in [0.25, 0.3) is 0 Å².